The van der Waals surface area contributed by atoms with Crippen LogP contribution in [0.2, 0.25) is 124 Å². The minimum absolute atomic E-state index is 0.183. The van der Waals surface area contributed by atoms with E-state index in [2.05, 4.69) is 80.8 Å². The van der Waals surface area contributed by atoms with Crippen LogP contribution in [0.1, 0.15) is 182 Å². The second-order valence-electron chi connectivity index (χ2n) is 20.7. The van der Waals surface area contributed by atoms with Crippen molar-refractivity contribution in [1.82, 2.24) is 0 Å². The Kier molecular flexibility index (Phi) is 64.2. The van der Waals surface area contributed by atoms with Crippen molar-refractivity contribution in [3.63, 3.8) is 0 Å². The lowest BCUT2D eigenvalue weighted by molar-refractivity contribution is 0.173. The monoisotopic (exact) mass is 1370 g/mol. The third-order valence-electron chi connectivity index (χ3n) is 12.9. The highest BCUT2D eigenvalue weighted by Gasteiger charge is 2.46. The van der Waals surface area contributed by atoms with Crippen LogP contribution >= 0.6 is 0 Å². The SMILES string of the molecule is CC.CC.CC.CC.CC.CC.CCCCC[Si]1(C)O[SiH](C)CC(C)O[SiH](CC[SiH2]O[SiH2]O[SiH2]CC[SiH]2OC(C)C[Si](C)(CC[SiH2]O[SiH2]O[SiH2]CC[SiH]3OC(C)C[SiH](C)O[Si](C)(CCCCC)O3)O[Si](C)(CCCCC)O2)O1. The molecule has 12 atom stereocenters. The fraction of sp³-hybridized carbons (Fsp3) is 1.00. The van der Waals surface area contributed by atoms with E-state index >= 15 is 0 Å². The first kappa shape index (κ1) is 87.2. The molecule has 0 N–H and O–H groups in total. The largest absolute Gasteiger partial charge is 0.446 e. The van der Waals surface area contributed by atoms with Gasteiger partial charge in [-0.2, -0.15) is 0 Å². The summed E-state index contributed by atoms with van der Waals surface area (Å²) in [6, 6.07) is 15.3. The van der Waals surface area contributed by atoms with E-state index < -0.39 is 139 Å². The first-order valence-corrected chi connectivity index (χ1v) is 62.0. The number of rotatable bonds is 32. The van der Waals surface area contributed by atoms with Crippen LogP contribution in [0.4, 0.5) is 0 Å². The van der Waals surface area contributed by atoms with Gasteiger partial charge in [-0.25, -0.2) is 0 Å². The fourth-order valence-electron chi connectivity index (χ4n) is 9.91. The van der Waals surface area contributed by atoms with Gasteiger partial charge in [0.2, 0.25) is 0 Å². The molecule has 0 aliphatic carbocycles. The van der Waals surface area contributed by atoms with Crippen LogP contribution in [-0.2, 0) is 54.4 Å². The fourth-order valence-corrected chi connectivity index (χ4v) is 63.0. The second kappa shape index (κ2) is 57.5. The van der Waals surface area contributed by atoms with Gasteiger partial charge in [0.1, 0.15) is 39.1 Å². The molecule has 3 rings (SSSR count). The van der Waals surface area contributed by atoms with Gasteiger partial charge in [0, 0.05) is 18.3 Å². The summed E-state index contributed by atoms with van der Waals surface area (Å²) in [4.78, 5) is 0. The molecule has 0 radical (unpaired) electrons. The highest BCUT2D eigenvalue weighted by atomic mass is 28.5. The smallest absolute Gasteiger partial charge is 0.315 e. The molecule has 3 saturated heterocycles. The summed E-state index contributed by atoms with van der Waals surface area (Å²) >= 11 is 0. The van der Waals surface area contributed by atoms with Gasteiger partial charge in [-0.3, -0.25) is 0 Å². The summed E-state index contributed by atoms with van der Waals surface area (Å²) in [6.45, 7) is 51.6. The molecule has 0 bridgehead atoms. The van der Waals surface area contributed by atoms with Crippen LogP contribution in [0.3, 0.4) is 0 Å². The van der Waals surface area contributed by atoms with Crippen molar-refractivity contribution in [3.8, 4) is 0 Å². The van der Waals surface area contributed by atoms with Gasteiger partial charge in [0.25, 0.3) is 20.0 Å². The molecule has 0 spiro atoms. The van der Waals surface area contributed by atoms with Gasteiger partial charge in [-0.05, 0) is 145 Å². The van der Waals surface area contributed by atoms with E-state index in [1.165, 1.54) is 57.8 Å². The van der Waals surface area contributed by atoms with E-state index in [1.54, 1.807) is 0 Å². The predicted molar refractivity (Wildman–Crippen MR) is 382 cm³/mol. The maximum absolute atomic E-state index is 7.38. The van der Waals surface area contributed by atoms with Crippen molar-refractivity contribution in [2.45, 2.75) is 325 Å². The van der Waals surface area contributed by atoms with E-state index in [-0.39, 0.29) is 18.3 Å². The maximum Gasteiger partial charge on any atom is 0.315 e. The number of hydrogen-bond acceptors (Lipinski definition) is 13. The van der Waals surface area contributed by atoms with Gasteiger partial charge >= 0.3 is 53.5 Å². The lowest BCUT2D eigenvalue weighted by Crippen LogP contribution is -2.57. The van der Waals surface area contributed by atoms with Crippen LogP contribution in [0, 0.1) is 0 Å². The topological polar surface area (TPSA) is 120 Å². The zero-order valence-corrected chi connectivity index (χ0v) is 74.7. The summed E-state index contributed by atoms with van der Waals surface area (Å²) < 4.78 is 86.7. The van der Waals surface area contributed by atoms with Crippen molar-refractivity contribution < 1.29 is 54.4 Å². The number of hydrogen-bond donors (Lipinski definition) is 0. The standard InChI is InChI=1S/C38H102O13Si15.6C2H6/c1-13-16-19-29-64(10)46-58(7)33-36(4)39-60(48-64)26-22-52-42-56-43-54-24-28-62-41-38(6)35-63(9,51-66(12,50-62)31-21-18-15-3)32-25-55-45-57-44-53-23-27-61-40-37(5)34-59(8)47-65(11,49-61)30-20-17-14-2;6*1-2/h36-38,58-62H,13-35,52-57H2,1-12H3;6*1-2H3. The Morgan fingerprint density at radius 3 is 1.06 bits per heavy atom. The summed E-state index contributed by atoms with van der Waals surface area (Å²) in [7, 11) is -20.9. The minimum atomic E-state index is -2.37. The summed E-state index contributed by atoms with van der Waals surface area (Å²) in [5.41, 5.74) is 0. The first-order valence-electron chi connectivity index (χ1n) is 32.9. The van der Waals surface area contributed by atoms with E-state index in [9.17, 15) is 0 Å². The highest BCUT2D eigenvalue weighted by Crippen LogP contribution is 2.34. The second-order valence-corrected chi connectivity index (χ2v) is 59.2. The molecular weight excluding hydrogens is 1230 g/mol. The quantitative estimate of drug-likeness (QED) is 0.0470. The normalized spacial score (nSPS) is 31.1. The Morgan fingerprint density at radius 2 is 0.718 bits per heavy atom. The van der Waals surface area contributed by atoms with Gasteiger partial charge in [-0.15, -0.1) is 0 Å². The lowest BCUT2D eigenvalue weighted by Gasteiger charge is -2.44. The molecule has 0 aromatic heterocycles. The predicted octanol–water partition coefficient (Wildman–Crippen LogP) is 11.3. The molecule has 3 aliphatic heterocycles. The van der Waals surface area contributed by atoms with Crippen LogP contribution in [0.5, 0.6) is 0 Å². The minimum Gasteiger partial charge on any atom is -0.446 e. The molecule has 28 heteroatoms. The molecule has 0 aromatic carbocycles. The van der Waals surface area contributed by atoms with Crippen LogP contribution in [0.15, 0.2) is 0 Å². The third kappa shape index (κ3) is 46.0. The molecule has 12 unspecified atom stereocenters. The van der Waals surface area contributed by atoms with Crippen LogP contribution in [-0.4, -0.2) is 157 Å². The lowest BCUT2D eigenvalue weighted by atomic mass is 10.3. The zero-order valence-electron chi connectivity index (χ0n) is 56.4. The Morgan fingerprint density at radius 1 is 0.410 bits per heavy atom. The highest BCUT2D eigenvalue weighted by molar-refractivity contribution is 6.86. The van der Waals surface area contributed by atoms with Crippen molar-refractivity contribution >= 4 is 139 Å². The van der Waals surface area contributed by atoms with Gasteiger partial charge < -0.3 is 54.4 Å². The van der Waals surface area contributed by atoms with Crippen molar-refractivity contribution in [2.24, 2.45) is 0 Å². The average Bonchev–Trinajstić information content (AvgIpc) is 3.39. The number of unbranched alkanes of at least 4 members (excludes halogenated alkanes) is 6. The molecule has 3 aliphatic rings. The van der Waals surface area contributed by atoms with E-state index in [0.717, 1.165) is 84.6 Å². The van der Waals surface area contributed by atoms with Gasteiger partial charge in [0.15, 0.2) is 26.4 Å². The average molecular weight is 1370 g/mol. The van der Waals surface area contributed by atoms with E-state index in [1.807, 2.05) is 83.1 Å². The molecule has 0 aromatic rings. The van der Waals surface area contributed by atoms with Gasteiger partial charge in [-0.1, -0.05) is 162 Å². The van der Waals surface area contributed by atoms with Gasteiger partial charge in [0.05, 0.1) is 0 Å². The maximum atomic E-state index is 7.38. The summed E-state index contributed by atoms with van der Waals surface area (Å²) in [5, 5.41) is 0. The molecule has 0 saturated carbocycles. The van der Waals surface area contributed by atoms with Crippen molar-refractivity contribution in [3.05, 3.63) is 0 Å². The molecule has 13 nitrogen and oxygen atoms in total. The van der Waals surface area contributed by atoms with E-state index in [0.29, 0.717) is 0 Å². The third-order valence-corrected chi connectivity index (χ3v) is 60.4. The molecule has 3 fully saturated rings. The summed E-state index contributed by atoms with van der Waals surface area (Å²) in [5.74, 6) is 0. The first-order chi connectivity index (χ1) is 37.5. The zero-order chi connectivity index (χ0) is 60.3. The van der Waals surface area contributed by atoms with Crippen molar-refractivity contribution in [1.29, 1.82) is 0 Å². The van der Waals surface area contributed by atoms with Crippen LogP contribution < -0.4 is 0 Å². The molecule has 476 valence electrons. The Balaban J connectivity index is -0.00000213. The van der Waals surface area contributed by atoms with E-state index in [4.69, 9.17) is 54.4 Å². The molecule has 0 amide bonds. The van der Waals surface area contributed by atoms with Crippen molar-refractivity contribution in [2.75, 3.05) is 0 Å². The molecule has 78 heavy (non-hydrogen) atoms. The van der Waals surface area contributed by atoms with Crippen LogP contribution in [0.25, 0.3) is 0 Å². The summed E-state index contributed by atoms with van der Waals surface area (Å²) in [6.07, 6.45) is 11.7. The molecule has 3 heterocycles. The Hall–Kier alpha value is 2.73. The Labute approximate surface area is 514 Å². The Bertz CT molecular complexity index is 1270. The molecular formula is C50H138O13Si15.